The predicted octanol–water partition coefficient (Wildman–Crippen LogP) is 3.64. The molecule has 1 aromatic carbocycles. The Morgan fingerprint density at radius 3 is 2.55 bits per heavy atom. The van der Waals surface area contributed by atoms with Gasteiger partial charge in [-0.1, -0.05) is 20.8 Å². The molecule has 1 N–H and O–H groups in total. The van der Waals surface area contributed by atoms with Crippen LogP contribution >= 0.6 is 0 Å². The normalized spacial score (nSPS) is 20.1. The molecule has 0 saturated carbocycles. The molecule has 2 aromatic rings. The lowest BCUT2D eigenvalue weighted by Crippen LogP contribution is -2.52. The van der Waals surface area contributed by atoms with Gasteiger partial charge in [0.1, 0.15) is 17.5 Å². The smallest absolute Gasteiger partial charge is 0.255 e. The van der Waals surface area contributed by atoms with E-state index in [1.165, 1.54) is 0 Å². The van der Waals surface area contributed by atoms with E-state index in [1.54, 1.807) is 42.8 Å². The van der Waals surface area contributed by atoms with Crippen LogP contribution in [0.15, 0.2) is 35.3 Å². The molecule has 0 fully saturated rings. The first kappa shape index (κ1) is 23.3. The van der Waals surface area contributed by atoms with Gasteiger partial charge in [0.15, 0.2) is 9.04 Å². The highest BCUT2D eigenvalue weighted by molar-refractivity contribution is 6.48. The Kier molecular flexibility index (Phi) is 6.20. The lowest BCUT2D eigenvalue weighted by Gasteiger charge is -2.43. The third-order valence-electron chi connectivity index (χ3n) is 5.67. The van der Waals surface area contributed by atoms with Crippen molar-refractivity contribution in [2.24, 2.45) is 0 Å². The molecular formula is C24H32N2O4Si. The lowest BCUT2D eigenvalue weighted by molar-refractivity contribution is -0.0643. The van der Waals surface area contributed by atoms with Crippen LogP contribution in [0.2, 0.25) is 13.1 Å². The number of nitriles is 1. The number of nitrogens with zero attached hydrogens (tertiary/aromatic N) is 2. The highest BCUT2D eigenvalue weighted by Crippen LogP contribution is 2.42. The van der Waals surface area contributed by atoms with Crippen LogP contribution in [0, 0.1) is 11.3 Å². The van der Waals surface area contributed by atoms with Crippen LogP contribution in [0.4, 0.5) is 0 Å². The lowest BCUT2D eigenvalue weighted by atomic mass is 9.83. The summed E-state index contributed by atoms with van der Waals surface area (Å²) in [5.74, 6) is 0.571. The van der Waals surface area contributed by atoms with Gasteiger partial charge in [-0.25, -0.2) is 0 Å². The number of benzene rings is 1. The van der Waals surface area contributed by atoms with Gasteiger partial charge in [-0.3, -0.25) is 4.79 Å². The van der Waals surface area contributed by atoms with Gasteiger partial charge < -0.3 is 18.8 Å². The highest BCUT2D eigenvalue weighted by atomic mass is 28.3. The topological polar surface area (TPSA) is 84.5 Å². The quantitative estimate of drug-likeness (QED) is 0.734. The van der Waals surface area contributed by atoms with E-state index >= 15 is 0 Å². The van der Waals surface area contributed by atoms with Gasteiger partial charge in [0.25, 0.3) is 5.56 Å². The summed E-state index contributed by atoms with van der Waals surface area (Å²) in [6.07, 6.45) is 0.751. The molecule has 6 nitrogen and oxygen atoms in total. The van der Waals surface area contributed by atoms with Crippen molar-refractivity contribution in [2.45, 2.75) is 77.5 Å². The first-order valence-electron chi connectivity index (χ1n) is 10.6. The zero-order chi connectivity index (χ0) is 23.1. The first-order chi connectivity index (χ1) is 14.4. The summed E-state index contributed by atoms with van der Waals surface area (Å²) in [6.45, 7) is 14.2. The van der Waals surface area contributed by atoms with Crippen molar-refractivity contribution < 1.29 is 14.3 Å². The van der Waals surface area contributed by atoms with Crippen LogP contribution in [-0.4, -0.2) is 30.4 Å². The van der Waals surface area contributed by atoms with E-state index in [0.717, 1.165) is 5.56 Å². The second-order valence-electron chi connectivity index (χ2n) is 10.00. The molecular weight excluding hydrogens is 408 g/mol. The Morgan fingerprint density at radius 2 is 1.97 bits per heavy atom. The minimum atomic E-state index is -1.25. The molecule has 2 atom stereocenters. The second-order valence-corrected chi connectivity index (χ2v) is 12.4. The number of hydrogen-bond donors (Lipinski definition) is 1. The predicted molar refractivity (Wildman–Crippen MR) is 123 cm³/mol. The number of aromatic nitrogens is 1. The van der Waals surface area contributed by atoms with E-state index in [0.29, 0.717) is 29.0 Å². The zero-order valence-electron chi connectivity index (χ0n) is 19.4. The van der Waals surface area contributed by atoms with Crippen molar-refractivity contribution in [3.8, 4) is 11.8 Å². The average Bonchev–Trinajstić information content (AvgIpc) is 2.66. The number of hydrogen-bond acceptors (Lipinski definition) is 5. The van der Waals surface area contributed by atoms with Crippen molar-refractivity contribution in [3.63, 3.8) is 0 Å². The highest BCUT2D eigenvalue weighted by Gasteiger charge is 2.44. The molecule has 0 aliphatic carbocycles. The number of ether oxygens (including phenoxy) is 1. The number of aliphatic hydroxyl groups is 1. The minimum Gasteiger partial charge on any atom is -0.485 e. The fraction of sp³-hybridized carbons (Fsp3) is 0.500. The van der Waals surface area contributed by atoms with Gasteiger partial charge in [0.2, 0.25) is 0 Å². The van der Waals surface area contributed by atoms with E-state index in [4.69, 9.17) is 9.16 Å². The van der Waals surface area contributed by atoms with Crippen LogP contribution in [0.1, 0.15) is 62.9 Å². The third-order valence-corrected chi connectivity index (χ3v) is 6.50. The Hall–Kier alpha value is -2.40. The monoisotopic (exact) mass is 440 g/mol. The van der Waals surface area contributed by atoms with Crippen molar-refractivity contribution in [3.05, 3.63) is 63.1 Å². The molecule has 0 saturated heterocycles. The van der Waals surface area contributed by atoms with Crippen LogP contribution in [0.25, 0.3) is 0 Å². The van der Waals surface area contributed by atoms with Gasteiger partial charge in [-0.05, 0) is 62.2 Å². The van der Waals surface area contributed by atoms with Gasteiger partial charge in [-0.2, -0.15) is 5.26 Å². The molecule has 0 amide bonds. The number of fused-ring (bicyclic) bond motifs is 1. The summed E-state index contributed by atoms with van der Waals surface area (Å²) in [5.41, 5.74) is 1.18. The zero-order valence-corrected chi connectivity index (χ0v) is 20.5. The molecule has 2 heterocycles. The summed E-state index contributed by atoms with van der Waals surface area (Å²) in [4.78, 5) is 13.8. The van der Waals surface area contributed by atoms with Crippen LogP contribution in [0.5, 0.6) is 5.75 Å². The van der Waals surface area contributed by atoms with Crippen LogP contribution in [0.3, 0.4) is 0 Å². The van der Waals surface area contributed by atoms with Crippen molar-refractivity contribution >= 4 is 9.04 Å². The molecule has 0 spiro atoms. The maximum absolute atomic E-state index is 13.8. The summed E-state index contributed by atoms with van der Waals surface area (Å²) in [6, 6.07) is 8.50. The van der Waals surface area contributed by atoms with Crippen molar-refractivity contribution in [1.29, 1.82) is 5.26 Å². The number of pyridine rings is 1. The van der Waals surface area contributed by atoms with Gasteiger partial charge in [0.05, 0.1) is 24.3 Å². The standard InChI is InChI=1S/C24H32N2O4Si/c1-23(2,3)19-16(14-29-31(6)7)10-11-26(22(19)28)20-17-12-15(13-25)8-9-18(17)30-24(4,5)21(20)27/h8-12,20-21,27,31H,14H2,1-7H3/t20-,21+/m0/s1. The van der Waals surface area contributed by atoms with E-state index in [9.17, 15) is 15.2 Å². The minimum absolute atomic E-state index is 0.158. The van der Waals surface area contributed by atoms with Crippen molar-refractivity contribution in [2.75, 3.05) is 0 Å². The molecule has 7 heteroatoms. The maximum Gasteiger partial charge on any atom is 0.255 e. The summed E-state index contributed by atoms with van der Waals surface area (Å²) < 4.78 is 13.5. The molecule has 1 aliphatic rings. The molecule has 1 aliphatic heterocycles. The van der Waals surface area contributed by atoms with Gasteiger partial charge in [-0.15, -0.1) is 0 Å². The molecule has 0 bridgehead atoms. The molecule has 31 heavy (non-hydrogen) atoms. The van der Waals surface area contributed by atoms with E-state index < -0.39 is 32.2 Å². The fourth-order valence-electron chi connectivity index (χ4n) is 4.12. The van der Waals surface area contributed by atoms with Gasteiger partial charge in [0, 0.05) is 17.3 Å². The SMILES string of the molecule is C[SiH](C)OCc1ccn([C@H]2c3cc(C#N)ccc3OC(C)(C)[C@@H]2O)c(=O)c1C(C)(C)C. The van der Waals surface area contributed by atoms with E-state index in [-0.39, 0.29) is 5.56 Å². The van der Waals surface area contributed by atoms with Gasteiger partial charge >= 0.3 is 0 Å². The second kappa shape index (κ2) is 8.27. The molecule has 3 rings (SSSR count). The number of aliphatic hydroxyl groups excluding tert-OH is 1. The summed E-state index contributed by atoms with van der Waals surface area (Å²) >= 11 is 0. The third kappa shape index (κ3) is 4.47. The van der Waals surface area contributed by atoms with E-state index in [1.807, 2.05) is 26.8 Å². The maximum atomic E-state index is 13.8. The first-order valence-corrected chi connectivity index (χ1v) is 13.4. The summed E-state index contributed by atoms with van der Waals surface area (Å²) in [5, 5.41) is 20.6. The van der Waals surface area contributed by atoms with Crippen molar-refractivity contribution in [1.82, 2.24) is 4.57 Å². The number of rotatable bonds is 4. The Balaban J connectivity index is 2.24. The molecule has 1 aromatic heterocycles. The summed E-state index contributed by atoms with van der Waals surface area (Å²) in [7, 11) is -1.25. The molecule has 0 radical (unpaired) electrons. The largest absolute Gasteiger partial charge is 0.485 e. The van der Waals surface area contributed by atoms with E-state index in [2.05, 4.69) is 19.2 Å². The van der Waals surface area contributed by atoms with Crippen LogP contribution < -0.4 is 10.3 Å². The average molecular weight is 441 g/mol. The van der Waals surface area contributed by atoms with Crippen LogP contribution in [-0.2, 0) is 16.4 Å². The Labute approximate surface area is 185 Å². The molecule has 166 valence electrons. The fourth-order valence-corrected chi connectivity index (χ4v) is 4.64. The Bertz CT molecular complexity index is 1080. The molecule has 0 unspecified atom stereocenters. The Morgan fingerprint density at radius 1 is 1.29 bits per heavy atom.